The predicted octanol–water partition coefficient (Wildman–Crippen LogP) is 6.49. The summed E-state index contributed by atoms with van der Waals surface area (Å²) in [7, 11) is 0. The lowest BCUT2D eigenvalue weighted by Crippen LogP contribution is -2.33. The summed E-state index contributed by atoms with van der Waals surface area (Å²) < 4.78 is 13.3. The van der Waals surface area contributed by atoms with E-state index >= 15 is 0 Å². The molecule has 0 aliphatic carbocycles. The zero-order valence-corrected chi connectivity index (χ0v) is 20.6. The molecule has 1 aliphatic rings. The van der Waals surface area contributed by atoms with Crippen molar-refractivity contribution in [3.8, 4) is 11.1 Å². The van der Waals surface area contributed by atoms with Crippen molar-refractivity contribution >= 4 is 29.0 Å². The maximum Gasteiger partial charge on any atom is 0.275 e. The van der Waals surface area contributed by atoms with Crippen molar-refractivity contribution in [1.29, 1.82) is 0 Å². The van der Waals surface area contributed by atoms with Crippen molar-refractivity contribution in [1.82, 2.24) is 14.9 Å². The SMILES string of the molecule is O=C(Nc1ccccc1-c1ccc(F)cc1)c1csc(C2CCN(C/C=C\c3ccncc3)CC2)n1. The molecule has 2 aromatic heterocycles. The second-order valence-corrected chi connectivity index (χ2v) is 9.73. The number of likely N-dealkylation sites (tertiary alicyclic amines) is 1. The van der Waals surface area contributed by atoms with Gasteiger partial charge in [0.1, 0.15) is 11.5 Å². The minimum Gasteiger partial charge on any atom is -0.320 e. The van der Waals surface area contributed by atoms with Crippen LogP contribution in [0.25, 0.3) is 17.2 Å². The summed E-state index contributed by atoms with van der Waals surface area (Å²) in [5.41, 5.74) is 3.96. The number of pyridine rings is 1. The van der Waals surface area contributed by atoms with Gasteiger partial charge in [-0.2, -0.15) is 0 Å². The maximum atomic E-state index is 13.3. The number of nitrogens with zero attached hydrogens (tertiary/aromatic N) is 3. The molecule has 7 heteroatoms. The molecule has 3 heterocycles. The molecule has 0 bridgehead atoms. The molecule has 2 aromatic carbocycles. The Morgan fingerprint density at radius 2 is 1.81 bits per heavy atom. The molecular formula is C29H27FN4OS. The fraction of sp³-hybridized carbons (Fsp3) is 0.207. The average Bonchev–Trinajstić information content (AvgIpc) is 3.41. The van der Waals surface area contributed by atoms with Crippen LogP contribution in [0.5, 0.6) is 0 Å². The zero-order chi connectivity index (χ0) is 24.7. The lowest BCUT2D eigenvalue weighted by molar-refractivity contribution is 0.102. The number of thiazole rings is 1. The third-order valence-electron chi connectivity index (χ3n) is 6.40. The number of carbonyl (C=O) groups excluding carboxylic acids is 1. The topological polar surface area (TPSA) is 58.1 Å². The second kappa shape index (κ2) is 11.4. The number of hydrogen-bond donors (Lipinski definition) is 1. The molecule has 0 atom stereocenters. The fourth-order valence-corrected chi connectivity index (χ4v) is 5.39. The smallest absolute Gasteiger partial charge is 0.275 e. The van der Waals surface area contributed by atoms with Gasteiger partial charge in [0.15, 0.2) is 0 Å². The molecule has 0 unspecified atom stereocenters. The number of halogens is 1. The lowest BCUT2D eigenvalue weighted by Gasteiger charge is -2.30. The molecule has 1 aliphatic heterocycles. The normalized spacial score (nSPS) is 14.8. The van der Waals surface area contributed by atoms with Gasteiger partial charge < -0.3 is 5.32 Å². The molecule has 1 N–H and O–H groups in total. The number of rotatable bonds is 7. The van der Waals surface area contributed by atoms with E-state index in [4.69, 9.17) is 0 Å². The summed E-state index contributed by atoms with van der Waals surface area (Å²) in [4.78, 5) is 24.2. The molecule has 0 radical (unpaired) electrons. The number of nitrogens with one attached hydrogen (secondary N) is 1. The molecule has 1 amide bonds. The minimum absolute atomic E-state index is 0.231. The fourth-order valence-electron chi connectivity index (χ4n) is 4.41. The number of piperidine rings is 1. The quantitative estimate of drug-likeness (QED) is 0.316. The van der Waals surface area contributed by atoms with Crippen LogP contribution in [-0.2, 0) is 0 Å². The van der Waals surface area contributed by atoms with Crippen LogP contribution in [0.4, 0.5) is 10.1 Å². The lowest BCUT2D eigenvalue weighted by atomic mass is 9.97. The van der Waals surface area contributed by atoms with Gasteiger partial charge in [-0.25, -0.2) is 9.37 Å². The van der Waals surface area contributed by atoms with Gasteiger partial charge in [-0.1, -0.05) is 42.5 Å². The number of amides is 1. The van der Waals surface area contributed by atoms with E-state index in [1.165, 1.54) is 12.1 Å². The first-order valence-electron chi connectivity index (χ1n) is 12.1. The molecule has 5 nitrogen and oxygen atoms in total. The van der Waals surface area contributed by atoms with Crippen LogP contribution < -0.4 is 5.32 Å². The van der Waals surface area contributed by atoms with E-state index in [0.717, 1.165) is 54.2 Å². The Morgan fingerprint density at radius 1 is 1.06 bits per heavy atom. The molecule has 4 aromatic rings. The summed E-state index contributed by atoms with van der Waals surface area (Å²) in [5, 5.41) is 5.86. The van der Waals surface area contributed by atoms with E-state index in [9.17, 15) is 9.18 Å². The molecule has 182 valence electrons. The molecule has 0 saturated carbocycles. The summed E-state index contributed by atoms with van der Waals surface area (Å²) in [5.74, 6) is -0.142. The summed E-state index contributed by atoms with van der Waals surface area (Å²) in [6.45, 7) is 2.95. The third kappa shape index (κ3) is 5.93. The van der Waals surface area contributed by atoms with Gasteiger partial charge in [0, 0.05) is 41.5 Å². The Kier molecular flexibility index (Phi) is 7.59. The van der Waals surface area contributed by atoms with Crippen LogP contribution in [0.15, 0.2) is 84.5 Å². The standard InChI is InChI=1S/C29H27FN4OS/c30-24-9-7-22(8-10-24)25-5-1-2-6-26(25)32-28(35)27-20-36-29(33-27)23-13-18-34(19-14-23)17-3-4-21-11-15-31-16-12-21/h1-12,15-16,20,23H,13-14,17-19H2,(H,32,35)/b4-3-. The highest BCUT2D eigenvalue weighted by atomic mass is 32.1. The van der Waals surface area contributed by atoms with E-state index in [1.807, 2.05) is 41.8 Å². The van der Waals surface area contributed by atoms with Crippen molar-refractivity contribution in [3.63, 3.8) is 0 Å². The first-order valence-corrected chi connectivity index (χ1v) is 12.9. The van der Waals surface area contributed by atoms with Gasteiger partial charge >= 0.3 is 0 Å². The number of anilines is 1. The van der Waals surface area contributed by atoms with E-state index < -0.39 is 0 Å². The minimum atomic E-state index is -0.289. The molecule has 0 spiro atoms. The Balaban J connectivity index is 1.17. The summed E-state index contributed by atoms with van der Waals surface area (Å²) >= 11 is 1.56. The van der Waals surface area contributed by atoms with Crippen LogP contribution in [0, 0.1) is 5.82 Å². The van der Waals surface area contributed by atoms with Gasteiger partial charge in [0.25, 0.3) is 5.91 Å². The second-order valence-electron chi connectivity index (χ2n) is 8.84. The van der Waals surface area contributed by atoms with Crippen molar-refractivity contribution in [2.45, 2.75) is 18.8 Å². The number of hydrogen-bond acceptors (Lipinski definition) is 5. The van der Waals surface area contributed by atoms with E-state index in [0.29, 0.717) is 17.3 Å². The van der Waals surface area contributed by atoms with Gasteiger partial charge in [-0.15, -0.1) is 11.3 Å². The van der Waals surface area contributed by atoms with Crippen molar-refractivity contribution in [3.05, 3.63) is 107 Å². The molecule has 36 heavy (non-hydrogen) atoms. The monoisotopic (exact) mass is 498 g/mol. The van der Waals surface area contributed by atoms with Crippen LogP contribution in [0.1, 0.15) is 39.8 Å². The van der Waals surface area contributed by atoms with Gasteiger partial charge in [-0.3, -0.25) is 14.7 Å². The molecular weight excluding hydrogens is 471 g/mol. The summed E-state index contributed by atoms with van der Waals surface area (Å²) in [6.07, 6.45) is 10.0. The van der Waals surface area contributed by atoms with Gasteiger partial charge in [0.2, 0.25) is 0 Å². The highest BCUT2D eigenvalue weighted by Crippen LogP contribution is 2.31. The number of carbonyl (C=O) groups is 1. The Hall–Kier alpha value is -3.68. The van der Waals surface area contributed by atoms with Crippen LogP contribution in [-0.4, -0.2) is 40.4 Å². The highest BCUT2D eigenvalue weighted by molar-refractivity contribution is 7.10. The van der Waals surface area contributed by atoms with Crippen LogP contribution >= 0.6 is 11.3 Å². The van der Waals surface area contributed by atoms with E-state index in [-0.39, 0.29) is 11.7 Å². The van der Waals surface area contributed by atoms with Crippen LogP contribution in [0.2, 0.25) is 0 Å². The predicted molar refractivity (Wildman–Crippen MR) is 144 cm³/mol. The largest absolute Gasteiger partial charge is 0.320 e. The number of para-hydroxylation sites is 1. The Bertz CT molecular complexity index is 1330. The number of aromatic nitrogens is 2. The van der Waals surface area contributed by atoms with E-state index in [1.54, 1.807) is 35.9 Å². The first kappa shape index (κ1) is 24.0. The Morgan fingerprint density at radius 3 is 2.58 bits per heavy atom. The zero-order valence-electron chi connectivity index (χ0n) is 19.8. The van der Waals surface area contributed by atoms with Crippen molar-refractivity contribution in [2.75, 3.05) is 25.0 Å². The van der Waals surface area contributed by atoms with Crippen molar-refractivity contribution in [2.24, 2.45) is 0 Å². The van der Waals surface area contributed by atoms with Gasteiger partial charge in [0.05, 0.1) is 5.01 Å². The number of benzene rings is 2. The molecule has 1 fully saturated rings. The molecule has 1 saturated heterocycles. The summed E-state index contributed by atoms with van der Waals surface area (Å²) in [6, 6.07) is 17.8. The van der Waals surface area contributed by atoms with E-state index in [2.05, 4.69) is 32.3 Å². The van der Waals surface area contributed by atoms with Crippen molar-refractivity contribution < 1.29 is 9.18 Å². The maximum absolute atomic E-state index is 13.3. The van der Waals surface area contributed by atoms with Crippen LogP contribution in [0.3, 0.4) is 0 Å². The highest BCUT2D eigenvalue weighted by Gasteiger charge is 2.23. The first-order chi connectivity index (χ1) is 17.7. The average molecular weight is 499 g/mol. The van der Waals surface area contributed by atoms with Gasteiger partial charge in [-0.05, 0) is 67.4 Å². The third-order valence-corrected chi connectivity index (χ3v) is 7.41. The Labute approximate surface area is 214 Å². The molecule has 5 rings (SSSR count).